The molecule has 30 heavy (non-hydrogen) atoms. The summed E-state index contributed by atoms with van der Waals surface area (Å²) in [4.78, 5) is 32.3. The van der Waals surface area contributed by atoms with Gasteiger partial charge in [-0.25, -0.2) is 0 Å². The van der Waals surface area contributed by atoms with Gasteiger partial charge in [0.2, 0.25) is 5.91 Å². The highest BCUT2D eigenvalue weighted by molar-refractivity contribution is 7.99. The van der Waals surface area contributed by atoms with Gasteiger partial charge in [0.15, 0.2) is 0 Å². The van der Waals surface area contributed by atoms with E-state index in [2.05, 4.69) is 4.90 Å². The molecule has 1 unspecified atom stereocenters. The molecule has 2 aliphatic heterocycles. The van der Waals surface area contributed by atoms with E-state index in [9.17, 15) is 9.59 Å². The lowest BCUT2D eigenvalue weighted by atomic mass is 10.1. The van der Waals surface area contributed by atoms with Gasteiger partial charge in [-0.2, -0.15) is 0 Å². The topological polar surface area (TPSA) is 53.1 Å². The van der Waals surface area contributed by atoms with Crippen molar-refractivity contribution in [1.82, 2.24) is 9.80 Å². The molecular weight excluding hydrogens is 398 g/mol. The number of ether oxygens (including phenoxy) is 1. The van der Waals surface area contributed by atoms with Crippen LogP contribution in [0.4, 0.5) is 5.69 Å². The van der Waals surface area contributed by atoms with E-state index in [0.717, 1.165) is 30.1 Å². The van der Waals surface area contributed by atoms with Gasteiger partial charge in [0.25, 0.3) is 5.91 Å². The van der Waals surface area contributed by atoms with Crippen LogP contribution in [0.5, 0.6) is 5.75 Å². The van der Waals surface area contributed by atoms with Crippen LogP contribution in [0.3, 0.4) is 0 Å². The quantitative estimate of drug-likeness (QED) is 0.754. The highest BCUT2D eigenvalue weighted by atomic mass is 32.2. The smallest absolute Gasteiger partial charge is 0.255 e. The third-order valence-electron chi connectivity index (χ3n) is 5.83. The molecule has 2 saturated heterocycles. The first-order valence-electron chi connectivity index (χ1n) is 10.2. The van der Waals surface area contributed by atoms with E-state index in [1.54, 1.807) is 23.8 Å². The van der Waals surface area contributed by atoms with Crippen LogP contribution in [-0.4, -0.2) is 72.6 Å². The van der Waals surface area contributed by atoms with Crippen LogP contribution in [-0.2, 0) is 4.79 Å². The molecule has 0 bridgehead atoms. The first kappa shape index (κ1) is 20.6. The third-order valence-corrected chi connectivity index (χ3v) is 6.84. The van der Waals surface area contributed by atoms with Crippen molar-refractivity contribution in [3.05, 3.63) is 59.7 Å². The number of thioether (sulfide) groups is 1. The zero-order chi connectivity index (χ0) is 21.1. The number of carbonyl (C=O) groups excluding carboxylic acids is 2. The van der Waals surface area contributed by atoms with Crippen molar-refractivity contribution < 1.29 is 14.3 Å². The minimum atomic E-state index is -0.380. The third kappa shape index (κ3) is 4.12. The second-order valence-electron chi connectivity index (χ2n) is 7.62. The SMILES string of the molecule is COc1ccc(N2CCN(C(=O)C3CSCN3C(=O)c3ccccc3C)CC2)cc1. The summed E-state index contributed by atoms with van der Waals surface area (Å²) in [5.41, 5.74) is 2.76. The lowest BCUT2D eigenvalue weighted by molar-refractivity contribution is -0.135. The molecule has 0 radical (unpaired) electrons. The number of piperazine rings is 1. The minimum absolute atomic E-state index is 0.0479. The predicted octanol–water partition coefficient (Wildman–Crippen LogP) is 2.87. The van der Waals surface area contributed by atoms with Crippen molar-refractivity contribution in [2.45, 2.75) is 13.0 Å². The fourth-order valence-corrected chi connectivity index (χ4v) is 5.15. The lowest BCUT2D eigenvalue weighted by Gasteiger charge is -2.38. The van der Waals surface area contributed by atoms with E-state index in [1.807, 2.05) is 60.4 Å². The van der Waals surface area contributed by atoms with Crippen LogP contribution in [0.2, 0.25) is 0 Å². The van der Waals surface area contributed by atoms with Gasteiger partial charge in [-0.3, -0.25) is 9.59 Å². The fraction of sp³-hybridized carbons (Fsp3) is 0.391. The van der Waals surface area contributed by atoms with Crippen molar-refractivity contribution in [3.63, 3.8) is 0 Å². The largest absolute Gasteiger partial charge is 0.497 e. The van der Waals surface area contributed by atoms with Crippen molar-refractivity contribution >= 4 is 29.3 Å². The summed E-state index contributed by atoms with van der Waals surface area (Å²) in [5.74, 6) is 2.08. The predicted molar refractivity (Wildman–Crippen MR) is 120 cm³/mol. The number of hydrogen-bond acceptors (Lipinski definition) is 5. The second-order valence-corrected chi connectivity index (χ2v) is 8.62. The number of rotatable bonds is 4. The Morgan fingerprint density at radius 1 is 1.00 bits per heavy atom. The maximum atomic E-state index is 13.2. The molecule has 0 spiro atoms. The summed E-state index contributed by atoms with van der Waals surface area (Å²) in [7, 11) is 1.66. The summed E-state index contributed by atoms with van der Waals surface area (Å²) in [6, 6.07) is 15.2. The van der Waals surface area contributed by atoms with E-state index in [0.29, 0.717) is 30.3 Å². The molecular formula is C23H27N3O3S. The number of carbonyl (C=O) groups is 2. The highest BCUT2D eigenvalue weighted by Crippen LogP contribution is 2.27. The Bertz CT molecular complexity index is 910. The van der Waals surface area contributed by atoms with Crippen LogP contribution in [0.25, 0.3) is 0 Å². The van der Waals surface area contributed by atoms with Gasteiger partial charge >= 0.3 is 0 Å². The summed E-state index contributed by atoms with van der Waals surface area (Å²) >= 11 is 1.65. The fourth-order valence-electron chi connectivity index (χ4n) is 4.00. The van der Waals surface area contributed by atoms with Gasteiger partial charge in [0.05, 0.1) is 13.0 Å². The van der Waals surface area contributed by atoms with Crippen molar-refractivity contribution in [3.8, 4) is 5.75 Å². The first-order chi connectivity index (χ1) is 14.6. The number of anilines is 1. The number of hydrogen-bond donors (Lipinski definition) is 0. The molecule has 2 aromatic rings. The monoisotopic (exact) mass is 425 g/mol. The molecule has 2 fully saturated rings. The van der Waals surface area contributed by atoms with E-state index in [4.69, 9.17) is 4.74 Å². The summed E-state index contributed by atoms with van der Waals surface area (Å²) < 4.78 is 5.23. The molecule has 2 heterocycles. The van der Waals surface area contributed by atoms with E-state index in [1.165, 1.54) is 0 Å². The van der Waals surface area contributed by atoms with Crippen LogP contribution < -0.4 is 9.64 Å². The van der Waals surface area contributed by atoms with Gasteiger partial charge in [-0.1, -0.05) is 18.2 Å². The van der Waals surface area contributed by atoms with E-state index >= 15 is 0 Å². The summed E-state index contributed by atoms with van der Waals surface area (Å²) in [5, 5.41) is 0. The molecule has 0 aromatic heterocycles. The maximum absolute atomic E-state index is 13.2. The number of nitrogens with zero attached hydrogens (tertiary/aromatic N) is 3. The number of aryl methyl sites for hydroxylation is 1. The molecule has 6 nitrogen and oxygen atoms in total. The van der Waals surface area contributed by atoms with E-state index in [-0.39, 0.29) is 17.9 Å². The van der Waals surface area contributed by atoms with Gasteiger partial charge in [-0.05, 0) is 42.8 Å². The Hall–Kier alpha value is -2.67. The van der Waals surface area contributed by atoms with Gasteiger partial charge in [0, 0.05) is 43.2 Å². The number of amides is 2. The molecule has 2 amide bonds. The summed E-state index contributed by atoms with van der Waals surface area (Å²) in [6.45, 7) is 4.83. The molecule has 158 valence electrons. The number of benzene rings is 2. The Morgan fingerprint density at radius 2 is 1.70 bits per heavy atom. The molecule has 2 aromatic carbocycles. The van der Waals surface area contributed by atoms with Crippen molar-refractivity contribution in [2.75, 3.05) is 49.8 Å². The van der Waals surface area contributed by atoms with Crippen molar-refractivity contribution in [2.24, 2.45) is 0 Å². The Morgan fingerprint density at radius 3 is 2.37 bits per heavy atom. The van der Waals surface area contributed by atoms with E-state index < -0.39 is 0 Å². The van der Waals surface area contributed by atoms with Gasteiger partial charge in [-0.15, -0.1) is 11.8 Å². The van der Waals surface area contributed by atoms with Crippen LogP contribution in [0, 0.1) is 6.92 Å². The molecule has 4 rings (SSSR count). The zero-order valence-electron chi connectivity index (χ0n) is 17.4. The average Bonchev–Trinajstić information content (AvgIpc) is 3.28. The molecule has 2 aliphatic rings. The van der Waals surface area contributed by atoms with Gasteiger partial charge < -0.3 is 19.4 Å². The maximum Gasteiger partial charge on any atom is 0.255 e. The molecule has 0 saturated carbocycles. The molecule has 0 N–H and O–H groups in total. The van der Waals surface area contributed by atoms with Crippen LogP contribution in [0.1, 0.15) is 15.9 Å². The normalized spacial score (nSPS) is 19.1. The number of methoxy groups -OCH3 is 1. The van der Waals surface area contributed by atoms with Crippen molar-refractivity contribution in [1.29, 1.82) is 0 Å². The highest BCUT2D eigenvalue weighted by Gasteiger charge is 2.38. The average molecular weight is 426 g/mol. The Labute approximate surface area is 181 Å². The Balaban J connectivity index is 1.39. The van der Waals surface area contributed by atoms with Gasteiger partial charge in [0.1, 0.15) is 11.8 Å². The first-order valence-corrected chi connectivity index (χ1v) is 11.4. The molecule has 0 aliphatic carbocycles. The minimum Gasteiger partial charge on any atom is -0.497 e. The summed E-state index contributed by atoms with van der Waals surface area (Å²) in [6.07, 6.45) is 0. The molecule has 7 heteroatoms. The Kier molecular flexibility index (Phi) is 6.18. The lowest BCUT2D eigenvalue weighted by Crippen LogP contribution is -2.55. The zero-order valence-corrected chi connectivity index (χ0v) is 18.2. The van der Waals surface area contributed by atoms with Crippen LogP contribution in [0.15, 0.2) is 48.5 Å². The van der Waals surface area contributed by atoms with Crippen LogP contribution >= 0.6 is 11.8 Å². The standard InChI is InChI=1S/C23H27N3O3S/c1-17-5-3-4-6-20(17)22(27)26-16-30-15-21(26)23(28)25-13-11-24(12-14-25)18-7-9-19(29-2)10-8-18/h3-10,21H,11-16H2,1-2H3. The second kappa shape index (κ2) is 9.00. The molecule has 1 atom stereocenters.